The fraction of sp³-hybridized carbons (Fsp3) is 0.103. The Kier molecular flexibility index (Phi) is 6.49. The Balaban J connectivity index is 1.37. The third-order valence-corrected chi connectivity index (χ3v) is 6.25. The van der Waals surface area contributed by atoms with Crippen LogP contribution in [0.25, 0.3) is 17.0 Å². The first-order valence-corrected chi connectivity index (χ1v) is 11.9. The standard InChI is InChI=1S/C29H24N4O5/c1-18-9-11-22(12-10-18)30-26(34)17-33-27(35)24(31-29(33)38)14-21-16-32(25-8-3-2-7-23(21)25)15-19-5-4-6-20(13-19)28(36)37/h2-14,16H,15,17H2,1H3,(H,30,34)(H,31,38)(H,36,37)/b24-14+. The predicted octanol–water partition coefficient (Wildman–Crippen LogP) is 4.23. The van der Waals surface area contributed by atoms with Gasteiger partial charge in [0.2, 0.25) is 5.91 Å². The van der Waals surface area contributed by atoms with Crippen molar-refractivity contribution >= 4 is 46.5 Å². The minimum absolute atomic E-state index is 0.0638. The van der Waals surface area contributed by atoms with E-state index in [1.54, 1.807) is 30.3 Å². The molecule has 3 N–H and O–H groups in total. The summed E-state index contributed by atoms with van der Waals surface area (Å²) in [4.78, 5) is 50.3. The summed E-state index contributed by atoms with van der Waals surface area (Å²) in [6.07, 6.45) is 3.43. The molecule has 9 nitrogen and oxygen atoms in total. The fourth-order valence-corrected chi connectivity index (χ4v) is 4.37. The summed E-state index contributed by atoms with van der Waals surface area (Å²) in [5, 5.41) is 15.4. The van der Waals surface area contributed by atoms with Crippen LogP contribution in [-0.4, -0.2) is 44.9 Å². The maximum atomic E-state index is 13.0. The topological polar surface area (TPSA) is 121 Å². The summed E-state index contributed by atoms with van der Waals surface area (Å²) >= 11 is 0. The Bertz CT molecular complexity index is 1620. The number of urea groups is 1. The molecule has 4 aromatic rings. The van der Waals surface area contributed by atoms with Gasteiger partial charge in [-0.2, -0.15) is 0 Å². The number of para-hydroxylation sites is 1. The van der Waals surface area contributed by atoms with E-state index in [4.69, 9.17) is 0 Å². The number of hydrogen-bond donors (Lipinski definition) is 3. The second-order valence-electron chi connectivity index (χ2n) is 9.03. The van der Waals surface area contributed by atoms with E-state index in [1.807, 2.05) is 60.2 Å². The van der Waals surface area contributed by atoms with Crippen LogP contribution in [0.5, 0.6) is 0 Å². The molecule has 0 unspecified atom stereocenters. The van der Waals surface area contributed by atoms with Crippen LogP contribution in [0.15, 0.2) is 84.7 Å². The Morgan fingerprint density at radius 1 is 1.00 bits per heavy atom. The van der Waals surface area contributed by atoms with Crippen molar-refractivity contribution in [3.8, 4) is 0 Å². The van der Waals surface area contributed by atoms with E-state index in [-0.39, 0.29) is 11.3 Å². The van der Waals surface area contributed by atoms with E-state index in [9.17, 15) is 24.3 Å². The molecular weight excluding hydrogens is 484 g/mol. The summed E-state index contributed by atoms with van der Waals surface area (Å²) in [6, 6.07) is 20.8. The van der Waals surface area contributed by atoms with Gasteiger partial charge < -0.3 is 20.3 Å². The number of aromatic carboxylic acids is 1. The lowest BCUT2D eigenvalue weighted by molar-refractivity contribution is -0.127. The number of anilines is 1. The molecule has 3 aromatic carbocycles. The smallest absolute Gasteiger partial charge is 0.335 e. The molecule has 38 heavy (non-hydrogen) atoms. The number of aromatic nitrogens is 1. The highest BCUT2D eigenvalue weighted by molar-refractivity contribution is 6.16. The van der Waals surface area contributed by atoms with Gasteiger partial charge in [0, 0.05) is 34.9 Å². The number of carboxylic acids is 1. The van der Waals surface area contributed by atoms with Crippen LogP contribution >= 0.6 is 0 Å². The highest BCUT2D eigenvalue weighted by Crippen LogP contribution is 2.26. The molecule has 1 aromatic heterocycles. The number of nitrogens with one attached hydrogen (secondary N) is 2. The molecule has 1 aliphatic rings. The van der Waals surface area contributed by atoms with E-state index in [1.165, 1.54) is 6.07 Å². The van der Waals surface area contributed by atoms with E-state index in [2.05, 4.69) is 10.6 Å². The average molecular weight is 509 g/mol. The molecule has 190 valence electrons. The van der Waals surface area contributed by atoms with Crippen molar-refractivity contribution in [3.63, 3.8) is 0 Å². The lowest BCUT2D eigenvalue weighted by atomic mass is 10.1. The highest BCUT2D eigenvalue weighted by atomic mass is 16.4. The Morgan fingerprint density at radius 2 is 1.76 bits per heavy atom. The monoisotopic (exact) mass is 508 g/mol. The Labute approximate surface area is 218 Å². The van der Waals surface area contributed by atoms with Gasteiger partial charge in [-0.15, -0.1) is 0 Å². The third kappa shape index (κ3) is 5.03. The number of carboxylic acid groups (broad SMARTS) is 1. The number of fused-ring (bicyclic) bond motifs is 1. The minimum atomic E-state index is -0.998. The van der Waals surface area contributed by atoms with Crippen molar-refractivity contribution < 1.29 is 24.3 Å². The van der Waals surface area contributed by atoms with Gasteiger partial charge in [-0.1, -0.05) is 48.0 Å². The van der Waals surface area contributed by atoms with Crippen molar-refractivity contribution in [2.45, 2.75) is 13.5 Å². The van der Waals surface area contributed by atoms with Crippen molar-refractivity contribution in [1.29, 1.82) is 0 Å². The number of rotatable bonds is 7. The number of carbonyl (C=O) groups excluding carboxylic acids is 3. The van der Waals surface area contributed by atoms with Gasteiger partial charge in [0.25, 0.3) is 5.91 Å². The number of imide groups is 1. The maximum Gasteiger partial charge on any atom is 0.335 e. The van der Waals surface area contributed by atoms with E-state index in [0.717, 1.165) is 26.9 Å². The molecule has 1 aliphatic heterocycles. The second kappa shape index (κ2) is 10.1. The number of nitrogens with zero attached hydrogens (tertiary/aromatic N) is 2. The summed E-state index contributed by atoms with van der Waals surface area (Å²) in [5.74, 6) is -2.08. The van der Waals surface area contributed by atoms with E-state index < -0.39 is 30.4 Å². The first-order valence-electron chi connectivity index (χ1n) is 11.9. The highest BCUT2D eigenvalue weighted by Gasteiger charge is 2.35. The molecule has 1 saturated heterocycles. The lowest BCUT2D eigenvalue weighted by Crippen LogP contribution is -2.38. The number of carbonyl (C=O) groups is 4. The van der Waals surface area contributed by atoms with Gasteiger partial charge in [-0.05, 0) is 48.9 Å². The quantitative estimate of drug-likeness (QED) is 0.255. The zero-order valence-corrected chi connectivity index (χ0v) is 20.5. The predicted molar refractivity (Wildman–Crippen MR) is 142 cm³/mol. The molecule has 1 fully saturated rings. The molecule has 4 amide bonds. The first-order chi connectivity index (χ1) is 18.3. The van der Waals surface area contributed by atoms with Gasteiger partial charge in [-0.3, -0.25) is 9.59 Å². The van der Waals surface area contributed by atoms with Crippen LogP contribution in [0.4, 0.5) is 10.5 Å². The normalized spacial score (nSPS) is 14.2. The molecule has 0 bridgehead atoms. The van der Waals surface area contributed by atoms with Crippen LogP contribution in [-0.2, 0) is 16.1 Å². The molecule has 2 heterocycles. The van der Waals surface area contributed by atoms with Gasteiger partial charge in [0.1, 0.15) is 12.2 Å². The van der Waals surface area contributed by atoms with Crippen molar-refractivity contribution in [2.75, 3.05) is 11.9 Å². The third-order valence-electron chi connectivity index (χ3n) is 6.25. The molecule has 0 atom stereocenters. The summed E-state index contributed by atoms with van der Waals surface area (Å²) < 4.78 is 1.96. The van der Waals surface area contributed by atoms with Crippen LogP contribution in [0.1, 0.15) is 27.0 Å². The largest absolute Gasteiger partial charge is 0.478 e. The lowest BCUT2D eigenvalue weighted by Gasteiger charge is -2.12. The Hall–Kier alpha value is -5.18. The van der Waals surface area contributed by atoms with Crippen LogP contribution < -0.4 is 10.6 Å². The molecule has 0 radical (unpaired) electrons. The molecule has 0 aliphatic carbocycles. The zero-order valence-electron chi connectivity index (χ0n) is 20.5. The Morgan fingerprint density at radius 3 is 2.53 bits per heavy atom. The number of amides is 4. The van der Waals surface area contributed by atoms with Crippen molar-refractivity contribution in [1.82, 2.24) is 14.8 Å². The van der Waals surface area contributed by atoms with Crippen LogP contribution in [0.3, 0.4) is 0 Å². The van der Waals surface area contributed by atoms with Crippen molar-refractivity contribution in [2.24, 2.45) is 0 Å². The summed E-state index contributed by atoms with van der Waals surface area (Å²) in [6.45, 7) is 1.93. The number of benzene rings is 3. The van der Waals surface area contributed by atoms with E-state index >= 15 is 0 Å². The molecular formula is C29H24N4O5. The van der Waals surface area contributed by atoms with Crippen molar-refractivity contribution in [3.05, 3.63) is 107 Å². The minimum Gasteiger partial charge on any atom is -0.478 e. The van der Waals surface area contributed by atoms with Crippen LogP contribution in [0, 0.1) is 6.92 Å². The summed E-state index contributed by atoms with van der Waals surface area (Å²) in [5.41, 5.74) is 4.27. The number of aryl methyl sites for hydroxylation is 1. The van der Waals surface area contributed by atoms with Gasteiger partial charge in [-0.25, -0.2) is 14.5 Å². The van der Waals surface area contributed by atoms with Gasteiger partial charge >= 0.3 is 12.0 Å². The van der Waals surface area contributed by atoms with Gasteiger partial charge in [0.15, 0.2) is 0 Å². The molecule has 0 spiro atoms. The maximum absolute atomic E-state index is 13.0. The molecule has 9 heteroatoms. The molecule has 5 rings (SSSR count). The number of hydrogen-bond acceptors (Lipinski definition) is 4. The molecule has 0 saturated carbocycles. The summed E-state index contributed by atoms with van der Waals surface area (Å²) in [7, 11) is 0. The van der Waals surface area contributed by atoms with E-state index in [0.29, 0.717) is 17.8 Å². The fourth-order valence-electron chi connectivity index (χ4n) is 4.37. The average Bonchev–Trinajstić information content (AvgIpc) is 3.37. The first kappa shape index (κ1) is 24.5. The SMILES string of the molecule is Cc1ccc(NC(=O)CN2C(=O)N/C(=C/c3cn(Cc4cccc(C(=O)O)c4)c4ccccc34)C2=O)cc1. The van der Waals surface area contributed by atoms with Gasteiger partial charge in [0.05, 0.1) is 5.56 Å². The zero-order chi connectivity index (χ0) is 26.8. The second-order valence-corrected chi connectivity index (χ2v) is 9.03. The van der Waals surface area contributed by atoms with Crippen LogP contribution in [0.2, 0.25) is 0 Å².